The molecule has 2 heterocycles. The highest BCUT2D eigenvalue weighted by Gasteiger charge is 2.28. The average Bonchev–Trinajstić information content (AvgIpc) is 2.82. The normalized spacial score (nSPS) is 19.7. The van der Waals surface area contributed by atoms with E-state index in [0.717, 1.165) is 25.8 Å². The average molecular weight is 326 g/mol. The molecule has 0 spiro atoms. The molecule has 0 aromatic carbocycles. The second-order valence-electron chi connectivity index (χ2n) is 5.48. The number of hydrogen-bond acceptors (Lipinski definition) is 6. The first-order valence-electron chi connectivity index (χ1n) is 7.56. The van der Waals surface area contributed by atoms with Crippen LogP contribution in [0.3, 0.4) is 0 Å². The van der Waals surface area contributed by atoms with Gasteiger partial charge in [-0.15, -0.1) is 0 Å². The maximum atomic E-state index is 11.7. The molecule has 1 fully saturated rings. The summed E-state index contributed by atoms with van der Waals surface area (Å²) in [6.45, 7) is 0.770. The van der Waals surface area contributed by atoms with Gasteiger partial charge in [-0.05, 0) is 25.3 Å². The molecule has 1 saturated heterocycles. The molecule has 0 aliphatic carbocycles. The number of hydrogen-bond donors (Lipinski definition) is 2. The number of unbranched alkanes of at least 4 members (excludes halogenated alkanes) is 2. The molecular formula is C14H22N4O3S. The van der Waals surface area contributed by atoms with E-state index >= 15 is 0 Å². The molecule has 122 valence electrons. The SMILES string of the molecule is O=C(CCCCCNc1ncccn1)N[C@@H]1CCS(=O)(=O)C1. The Hall–Kier alpha value is -1.70. The molecule has 2 rings (SSSR count). The Morgan fingerprint density at radius 3 is 2.68 bits per heavy atom. The predicted octanol–water partition coefficient (Wildman–Crippen LogP) is 0.752. The van der Waals surface area contributed by atoms with E-state index in [4.69, 9.17) is 0 Å². The van der Waals surface area contributed by atoms with Crippen LogP contribution in [0, 0.1) is 0 Å². The molecular weight excluding hydrogens is 304 g/mol. The zero-order chi connectivity index (χ0) is 15.8. The second kappa shape index (κ2) is 8.07. The summed E-state index contributed by atoms with van der Waals surface area (Å²) >= 11 is 0. The van der Waals surface area contributed by atoms with Crippen LogP contribution in [0.5, 0.6) is 0 Å². The molecule has 0 unspecified atom stereocenters. The van der Waals surface area contributed by atoms with Crippen molar-refractivity contribution in [3.05, 3.63) is 18.5 Å². The number of rotatable bonds is 8. The zero-order valence-corrected chi connectivity index (χ0v) is 13.3. The van der Waals surface area contributed by atoms with Gasteiger partial charge in [0, 0.05) is 31.4 Å². The lowest BCUT2D eigenvalue weighted by molar-refractivity contribution is -0.121. The summed E-state index contributed by atoms with van der Waals surface area (Å²) in [6, 6.07) is 1.56. The fourth-order valence-corrected chi connectivity index (χ4v) is 4.06. The van der Waals surface area contributed by atoms with Gasteiger partial charge in [-0.1, -0.05) is 6.42 Å². The van der Waals surface area contributed by atoms with Gasteiger partial charge < -0.3 is 10.6 Å². The summed E-state index contributed by atoms with van der Waals surface area (Å²) in [7, 11) is -2.93. The van der Waals surface area contributed by atoms with E-state index in [1.165, 1.54) is 0 Å². The van der Waals surface area contributed by atoms with Crippen molar-refractivity contribution in [1.82, 2.24) is 15.3 Å². The summed E-state index contributed by atoms with van der Waals surface area (Å²) in [5.74, 6) is 0.828. The molecule has 7 nitrogen and oxygen atoms in total. The topological polar surface area (TPSA) is 101 Å². The van der Waals surface area contributed by atoms with Crippen molar-refractivity contribution in [2.45, 2.75) is 38.1 Å². The number of carbonyl (C=O) groups is 1. The molecule has 1 atom stereocenters. The predicted molar refractivity (Wildman–Crippen MR) is 84.2 cm³/mol. The smallest absolute Gasteiger partial charge is 0.222 e. The van der Waals surface area contributed by atoms with Crippen LogP contribution in [-0.4, -0.2) is 48.4 Å². The number of amides is 1. The summed E-state index contributed by atoms with van der Waals surface area (Å²) in [6.07, 6.45) is 7.00. The van der Waals surface area contributed by atoms with Gasteiger partial charge in [0.25, 0.3) is 0 Å². The summed E-state index contributed by atoms with van der Waals surface area (Å²) in [5, 5.41) is 5.91. The molecule has 1 aromatic rings. The van der Waals surface area contributed by atoms with Crippen molar-refractivity contribution in [2.24, 2.45) is 0 Å². The summed E-state index contributed by atoms with van der Waals surface area (Å²) < 4.78 is 22.6. The summed E-state index contributed by atoms with van der Waals surface area (Å²) in [5.41, 5.74) is 0. The monoisotopic (exact) mass is 326 g/mol. The van der Waals surface area contributed by atoms with Gasteiger partial charge in [0.05, 0.1) is 11.5 Å². The van der Waals surface area contributed by atoms with E-state index in [1.807, 2.05) is 0 Å². The van der Waals surface area contributed by atoms with Gasteiger partial charge in [0.2, 0.25) is 11.9 Å². The van der Waals surface area contributed by atoms with Gasteiger partial charge >= 0.3 is 0 Å². The molecule has 2 N–H and O–H groups in total. The standard InChI is InChI=1S/C14H22N4O3S/c19-13(18-12-6-10-22(20,21)11-12)5-2-1-3-7-15-14-16-8-4-9-17-14/h4,8-9,12H,1-3,5-7,10-11H2,(H,18,19)(H,15,16,17)/t12-/m1/s1. The molecule has 1 aromatic heterocycles. The van der Waals surface area contributed by atoms with Crippen LogP contribution in [0.25, 0.3) is 0 Å². The highest BCUT2D eigenvalue weighted by atomic mass is 32.2. The van der Waals surface area contributed by atoms with Crippen molar-refractivity contribution in [3.8, 4) is 0 Å². The molecule has 1 aliphatic heterocycles. The Morgan fingerprint density at radius 1 is 1.23 bits per heavy atom. The third kappa shape index (κ3) is 5.97. The molecule has 8 heteroatoms. The van der Waals surface area contributed by atoms with Crippen molar-refractivity contribution < 1.29 is 13.2 Å². The minimum Gasteiger partial charge on any atom is -0.354 e. The maximum absolute atomic E-state index is 11.7. The molecule has 22 heavy (non-hydrogen) atoms. The van der Waals surface area contributed by atoms with Gasteiger partial charge in [0.1, 0.15) is 0 Å². The fraction of sp³-hybridized carbons (Fsp3) is 0.643. The summed E-state index contributed by atoms with van der Waals surface area (Å²) in [4.78, 5) is 19.8. The van der Waals surface area contributed by atoms with Crippen molar-refractivity contribution >= 4 is 21.7 Å². The lowest BCUT2D eigenvalue weighted by Crippen LogP contribution is -2.35. The van der Waals surface area contributed by atoms with E-state index in [1.54, 1.807) is 18.5 Å². The van der Waals surface area contributed by atoms with Crippen LogP contribution in [0.2, 0.25) is 0 Å². The lowest BCUT2D eigenvalue weighted by atomic mass is 10.1. The van der Waals surface area contributed by atoms with Crippen LogP contribution in [0.15, 0.2) is 18.5 Å². The number of nitrogens with zero attached hydrogens (tertiary/aromatic N) is 2. The number of carbonyl (C=O) groups excluding carboxylic acids is 1. The van der Waals surface area contributed by atoms with E-state index in [2.05, 4.69) is 20.6 Å². The minimum atomic E-state index is -2.93. The van der Waals surface area contributed by atoms with Crippen LogP contribution < -0.4 is 10.6 Å². The molecule has 1 amide bonds. The Labute approximate surface area is 130 Å². The van der Waals surface area contributed by atoms with E-state index < -0.39 is 9.84 Å². The second-order valence-corrected chi connectivity index (χ2v) is 7.71. The fourth-order valence-electron chi connectivity index (χ4n) is 2.39. The van der Waals surface area contributed by atoms with Gasteiger partial charge in [-0.25, -0.2) is 18.4 Å². The number of aromatic nitrogens is 2. The van der Waals surface area contributed by atoms with Crippen molar-refractivity contribution in [3.63, 3.8) is 0 Å². The van der Waals surface area contributed by atoms with Crippen molar-refractivity contribution in [1.29, 1.82) is 0 Å². The first kappa shape index (κ1) is 16.7. The van der Waals surface area contributed by atoms with Gasteiger partial charge in [-0.2, -0.15) is 0 Å². The Bertz CT molecular complexity index is 577. The minimum absolute atomic E-state index is 0.0542. The highest BCUT2D eigenvalue weighted by Crippen LogP contribution is 2.11. The molecule has 1 aliphatic rings. The lowest BCUT2D eigenvalue weighted by Gasteiger charge is -2.10. The van der Waals surface area contributed by atoms with Crippen LogP contribution in [-0.2, 0) is 14.6 Å². The Kier molecular flexibility index (Phi) is 6.11. The first-order chi connectivity index (χ1) is 10.6. The number of nitrogens with one attached hydrogen (secondary N) is 2. The maximum Gasteiger partial charge on any atom is 0.222 e. The quantitative estimate of drug-likeness (QED) is 0.684. The van der Waals surface area contributed by atoms with E-state index in [-0.39, 0.29) is 23.5 Å². The molecule has 0 radical (unpaired) electrons. The molecule has 0 bridgehead atoms. The van der Waals surface area contributed by atoms with Crippen molar-refractivity contribution in [2.75, 3.05) is 23.4 Å². The Morgan fingerprint density at radius 2 is 2.00 bits per heavy atom. The van der Waals surface area contributed by atoms with Gasteiger partial charge in [-0.3, -0.25) is 4.79 Å². The van der Waals surface area contributed by atoms with Crippen LogP contribution in [0.1, 0.15) is 32.1 Å². The van der Waals surface area contributed by atoms with E-state index in [9.17, 15) is 13.2 Å². The van der Waals surface area contributed by atoms with Crippen LogP contribution in [0.4, 0.5) is 5.95 Å². The van der Waals surface area contributed by atoms with E-state index in [0.29, 0.717) is 18.8 Å². The number of anilines is 1. The number of sulfone groups is 1. The Balaban J connectivity index is 1.51. The highest BCUT2D eigenvalue weighted by molar-refractivity contribution is 7.91. The zero-order valence-electron chi connectivity index (χ0n) is 12.5. The first-order valence-corrected chi connectivity index (χ1v) is 9.38. The molecule has 0 saturated carbocycles. The van der Waals surface area contributed by atoms with Crippen LogP contribution >= 0.6 is 0 Å². The largest absolute Gasteiger partial charge is 0.354 e. The van der Waals surface area contributed by atoms with Gasteiger partial charge in [0.15, 0.2) is 9.84 Å². The third-order valence-corrected chi connectivity index (χ3v) is 5.29. The third-order valence-electron chi connectivity index (χ3n) is 3.53.